The second-order valence-electron chi connectivity index (χ2n) is 8.68. The molecule has 1 aromatic carbocycles. The van der Waals surface area contributed by atoms with E-state index >= 15 is 0 Å². The number of likely N-dealkylation sites (tertiary alicyclic amines) is 1. The average molecular weight is 426 g/mol. The maximum atomic E-state index is 14.0. The molecule has 1 N–H and O–H groups in total. The van der Waals surface area contributed by atoms with Gasteiger partial charge < -0.3 is 14.6 Å². The largest absolute Gasteiger partial charge is 0.381 e. The molecule has 0 radical (unpaired) electrons. The summed E-state index contributed by atoms with van der Waals surface area (Å²) in [6.45, 7) is 3.42. The zero-order valence-corrected chi connectivity index (χ0v) is 17.5. The Bertz CT molecular complexity index is 1030. The number of nitrogens with one attached hydrogen (secondary N) is 1. The first-order valence-corrected chi connectivity index (χ1v) is 11.1. The number of benzene rings is 1. The summed E-state index contributed by atoms with van der Waals surface area (Å²) in [6.07, 6.45) is 3.10. The molecule has 3 aliphatic rings. The number of amides is 1. The highest BCUT2D eigenvalue weighted by Gasteiger charge is 2.37. The SMILES string of the molecule is O=C([C@H]1CCOC1)N1CCC[C@H]1c1nc2c(c(=O)[nH]1)CN(Cc1ccccc1F)CC2. The van der Waals surface area contributed by atoms with Crippen LogP contribution in [0.2, 0.25) is 0 Å². The van der Waals surface area contributed by atoms with Crippen LogP contribution in [-0.2, 0) is 29.0 Å². The Hall–Kier alpha value is -2.58. The predicted molar refractivity (Wildman–Crippen MR) is 112 cm³/mol. The summed E-state index contributed by atoms with van der Waals surface area (Å²) < 4.78 is 19.4. The lowest BCUT2D eigenvalue weighted by atomic mass is 10.0. The van der Waals surface area contributed by atoms with Crippen LogP contribution >= 0.6 is 0 Å². The quantitative estimate of drug-likeness (QED) is 0.811. The monoisotopic (exact) mass is 426 g/mol. The molecule has 4 heterocycles. The first-order valence-electron chi connectivity index (χ1n) is 11.1. The van der Waals surface area contributed by atoms with Crippen molar-refractivity contribution in [2.75, 3.05) is 26.3 Å². The molecule has 8 heteroatoms. The first-order chi connectivity index (χ1) is 15.1. The predicted octanol–water partition coefficient (Wildman–Crippen LogP) is 2.17. The maximum absolute atomic E-state index is 14.0. The lowest BCUT2D eigenvalue weighted by Gasteiger charge is -2.30. The van der Waals surface area contributed by atoms with Crippen molar-refractivity contribution in [3.63, 3.8) is 0 Å². The van der Waals surface area contributed by atoms with E-state index in [0.29, 0.717) is 62.8 Å². The van der Waals surface area contributed by atoms with Gasteiger partial charge in [0.05, 0.1) is 29.8 Å². The molecule has 2 fully saturated rings. The van der Waals surface area contributed by atoms with E-state index in [2.05, 4.69) is 9.88 Å². The van der Waals surface area contributed by atoms with Gasteiger partial charge in [0.25, 0.3) is 5.56 Å². The zero-order valence-electron chi connectivity index (χ0n) is 17.5. The number of aromatic nitrogens is 2. The van der Waals surface area contributed by atoms with Crippen LogP contribution in [0.25, 0.3) is 0 Å². The van der Waals surface area contributed by atoms with E-state index in [9.17, 15) is 14.0 Å². The minimum atomic E-state index is -0.227. The van der Waals surface area contributed by atoms with Crippen molar-refractivity contribution in [1.29, 1.82) is 0 Å². The lowest BCUT2D eigenvalue weighted by molar-refractivity contribution is -0.136. The Morgan fingerprint density at radius 3 is 2.94 bits per heavy atom. The van der Waals surface area contributed by atoms with Crippen LogP contribution in [-0.4, -0.2) is 52.0 Å². The van der Waals surface area contributed by atoms with Gasteiger partial charge in [0.15, 0.2) is 0 Å². The summed E-state index contributed by atoms with van der Waals surface area (Å²) in [5.74, 6) is 0.388. The molecule has 0 spiro atoms. The topological polar surface area (TPSA) is 78.5 Å². The Kier molecular flexibility index (Phi) is 5.58. The van der Waals surface area contributed by atoms with E-state index in [1.807, 2.05) is 11.0 Å². The molecule has 31 heavy (non-hydrogen) atoms. The highest BCUT2D eigenvalue weighted by atomic mass is 19.1. The minimum Gasteiger partial charge on any atom is -0.381 e. The molecule has 0 unspecified atom stereocenters. The van der Waals surface area contributed by atoms with Crippen LogP contribution in [0.3, 0.4) is 0 Å². The van der Waals surface area contributed by atoms with Gasteiger partial charge in [-0.05, 0) is 25.3 Å². The van der Waals surface area contributed by atoms with E-state index in [-0.39, 0.29) is 29.2 Å². The summed E-state index contributed by atoms with van der Waals surface area (Å²) >= 11 is 0. The van der Waals surface area contributed by atoms with Gasteiger partial charge in [-0.3, -0.25) is 14.5 Å². The Labute approximate surface area is 180 Å². The maximum Gasteiger partial charge on any atom is 0.255 e. The van der Waals surface area contributed by atoms with Gasteiger partial charge in [-0.25, -0.2) is 9.37 Å². The molecule has 0 saturated carbocycles. The van der Waals surface area contributed by atoms with Crippen molar-refractivity contribution in [2.24, 2.45) is 5.92 Å². The molecular formula is C23H27FN4O3. The molecule has 3 aliphatic heterocycles. The third-order valence-electron chi connectivity index (χ3n) is 6.65. The smallest absolute Gasteiger partial charge is 0.255 e. The standard InChI is InChI=1S/C23H27FN4O3/c24-18-5-2-1-4-15(18)12-27-10-7-19-17(13-27)22(29)26-21(25-19)20-6-3-9-28(20)23(30)16-8-11-31-14-16/h1-2,4-5,16,20H,3,6-14H2,(H,25,26,29)/t16-,20-/m0/s1. The van der Waals surface area contributed by atoms with Gasteiger partial charge in [0.2, 0.25) is 5.91 Å². The van der Waals surface area contributed by atoms with Gasteiger partial charge in [-0.15, -0.1) is 0 Å². The van der Waals surface area contributed by atoms with Crippen LogP contribution in [0.1, 0.15) is 47.9 Å². The Morgan fingerprint density at radius 2 is 2.13 bits per heavy atom. The summed E-state index contributed by atoms with van der Waals surface area (Å²) in [5, 5.41) is 0. The average Bonchev–Trinajstić information content (AvgIpc) is 3.48. The highest BCUT2D eigenvalue weighted by Crippen LogP contribution is 2.32. The number of fused-ring (bicyclic) bond motifs is 1. The van der Waals surface area contributed by atoms with E-state index in [0.717, 1.165) is 25.0 Å². The first kappa shape index (κ1) is 20.3. The van der Waals surface area contributed by atoms with Crippen LogP contribution in [0.15, 0.2) is 29.1 Å². The third-order valence-corrected chi connectivity index (χ3v) is 6.65. The van der Waals surface area contributed by atoms with Gasteiger partial charge in [-0.1, -0.05) is 18.2 Å². The Morgan fingerprint density at radius 1 is 1.26 bits per heavy atom. The number of halogens is 1. The van der Waals surface area contributed by atoms with Gasteiger partial charge >= 0.3 is 0 Å². The summed E-state index contributed by atoms with van der Waals surface area (Å²) in [5.41, 5.74) is 1.92. The normalized spacial score (nSPS) is 23.8. The number of rotatable bonds is 4. The lowest BCUT2D eigenvalue weighted by Crippen LogP contribution is -2.39. The molecular weight excluding hydrogens is 399 g/mol. The van der Waals surface area contributed by atoms with E-state index in [4.69, 9.17) is 9.72 Å². The van der Waals surface area contributed by atoms with Crippen molar-refractivity contribution in [1.82, 2.24) is 19.8 Å². The van der Waals surface area contributed by atoms with Gasteiger partial charge in [-0.2, -0.15) is 0 Å². The molecule has 2 saturated heterocycles. The van der Waals surface area contributed by atoms with Crippen molar-refractivity contribution >= 4 is 5.91 Å². The van der Waals surface area contributed by atoms with Crippen molar-refractivity contribution in [3.8, 4) is 0 Å². The molecule has 5 rings (SSSR count). The van der Waals surface area contributed by atoms with Crippen LogP contribution < -0.4 is 5.56 Å². The van der Waals surface area contributed by atoms with Crippen LogP contribution in [0, 0.1) is 11.7 Å². The van der Waals surface area contributed by atoms with Crippen molar-refractivity contribution < 1.29 is 13.9 Å². The molecule has 2 aromatic rings. The number of carbonyl (C=O) groups is 1. The number of nitrogens with zero attached hydrogens (tertiary/aromatic N) is 3. The number of H-pyrrole nitrogens is 1. The molecule has 1 amide bonds. The van der Waals surface area contributed by atoms with Crippen LogP contribution in [0.5, 0.6) is 0 Å². The third kappa shape index (κ3) is 4.02. The van der Waals surface area contributed by atoms with Gasteiger partial charge in [0.1, 0.15) is 11.6 Å². The van der Waals surface area contributed by atoms with Crippen LogP contribution in [0.4, 0.5) is 4.39 Å². The second-order valence-corrected chi connectivity index (χ2v) is 8.68. The van der Waals surface area contributed by atoms with Crippen molar-refractivity contribution in [2.45, 2.75) is 44.8 Å². The number of hydrogen-bond acceptors (Lipinski definition) is 5. The summed E-state index contributed by atoms with van der Waals surface area (Å²) in [7, 11) is 0. The van der Waals surface area contributed by atoms with E-state index in [1.54, 1.807) is 12.1 Å². The molecule has 0 bridgehead atoms. The minimum absolute atomic E-state index is 0.0862. The van der Waals surface area contributed by atoms with E-state index in [1.165, 1.54) is 6.07 Å². The molecule has 1 aromatic heterocycles. The number of ether oxygens (including phenoxy) is 1. The highest BCUT2D eigenvalue weighted by molar-refractivity contribution is 5.80. The number of hydrogen-bond donors (Lipinski definition) is 1. The summed E-state index contributed by atoms with van der Waals surface area (Å²) in [6, 6.07) is 6.56. The zero-order chi connectivity index (χ0) is 21.4. The van der Waals surface area contributed by atoms with Gasteiger partial charge in [0, 0.05) is 44.8 Å². The molecule has 2 atom stereocenters. The molecule has 0 aliphatic carbocycles. The second kappa shape index (κ2) is 8.51. The number of carbonyl (C=O) groups excluding carboxylic acids is 1. The fraction of sp³-hybridized carbons (Fsp3) is 0.522. The molecule has 7 nitrogen and oxygen atoms in total. The Balaban J connectivity index is 1.34. The number of aromatic amines is 1. The summed E-state index contributed by atoms with van der Waals surface area (Å²) in [4.78, 5) is 37.6. The fourth-order valence-electron chi connectivity index (χ4n) is 4.94. The molecule has 164 valence electrons. The fourth-order valence-corrected chi connectivity index (χ4v) is 4.94. The van der Waals surface area contributed by atoms with E-state index < -0.39 is 0 Å². The van der Waals surface area contributed by atoms with Crippen molar-refractivity contribution in [3.05, 3.63) is 63.1 Å².